The molecule has 3 N–H and O–H groups in total. The average Bonchev–Trinajstić information content (AvgIpc) is 2.34. The zero-order valence-electron chi connectivity index (χ0n) is 9.91. The van der Waals surface area contributed by atoms with Crippen molar-refractivity contribution in [2.24, 2.45) is 0 Å². The van der Waals surface area contributed by atoms with Gasteiger partial charge in [0.15, 0.2) is 0 Å². The molecule has 0 fully saturated rings. The summed E-state index contributed by atoms with van der Waals surface area (Å²) in [6, 6.07) is 14.2. The molecule has 0 heterocycles. The molecule has 0 aliphatic carbocycles. The van der Waals surface area contributed by atoms with Crippen molar-refractivity contribution >= 4 is 28.3 Å². The molecular weight excluding hydrogens is 248 g/mol. The monoisotopic (exact) mass is 262 g/mol. The number of nitrogens with two attached hydrogens (primary N) is 1. The second kappa shape index (κ2) is 5.20. The molecule has 0 saturated heterocycles. The van der Waals surface area contributed by atoms with Crippen LogP contribution in [0.5, 0.6) is 0 Å². The Balaban J connectivity index is 2.43. The first-order valence-electron chi connectivity index (χ1n) is 5.41. The van der Waals surface area contributed by atoms with Gasteiger partial charge in [0.2, 0.25) is 0 Å². The second-order valence-electron chi connectivity index (χ2n) is 3.95. The van der Waals surface area contributed by atoms with Gasteiger partial charge in [-0.2, -0.15) is 0 Å². The van der Waals surface area contributed by atoms with Gasteiger partial charge in [0.1, 0.15) is 0 Å². The summed E-state index contributed by atoms with van der Waals surface area (Å²) < 4.78 is 22.2. The fourth-order valence-electron chi connectivity index (χ4n) is 1.62. The number of nitrogen functional groups attached to an aromatic ring is 1. The van der Waals surface area contributed by atoms with Gasteiger partial charge in [0, 0.05) is 5.69 Å². The highest BCUT2D eigenvalue weighted by molar-refractivity contribution is 7.81. The van der Waals surface area contributed by atoms with E-state index in [4.69, 9.17) is 5.73 Å². The van der Waals surface area contributed by atoms with Crippen LogP contribution in [0, 0.1) is 6.92 Å². The summed E-state index contributed by atoms with van der Waals surface area (Å²) in [7, 11) is 0. The van der Waals surface area contributed by atoms with Crippen molar-refractivity contribution in [2.45, 2.75) is 6.92 Å². The summed E-state index contributed by atoms with van der Waals surface area (Å²) in [5.74, 6) is 0. The van der Waals surface area contributed by atoms with Gasteiger partial charge in [-0.15, -0.1) is 0 Å². The Bertz CT molecular complexity index is 507. The molecule has 5 heteroatoms. The summed E-state index contributed by atoms with van der Waals surface area (Å²) in [4.78, 5) is 0. The fraction of sp³-hybridized carbons (Fsp3) is 0.0769. The van der Waals surface area contributed by atoms with Crippen LogP contribution in [-0.2, 0) is 11.3 Å². The van der Waals surface area contributed by atoms with Crippen molar-refractivity contribution < 1.29 is 8.76 Å². The molecule has 0 aromatic heterocycles. The lowest BCUT2D eigenvalue weighted by Crippen LogP contribution is -2.19. The van der Waals surface area contributed by atoms with Gasteiger partial charge in [-0.05, 0) is 43.3 Å². The third kappa shape index (κ3) is 2.69. The molecule has 2 aromatic carbocycles. The van der Waals surface area contributed by atoms with E-state index in [9.17, 15) is 8.76 Å². The summed E-state index contributed by atoms with van der Waals surface area (Å²) in [5.41, 5.74) is 8.60. The smallest absolute Gasteiger partial charge is 0.266 e. The van der Waals surface area contributed by atoms with Gasteiger partial charge in [-0.1, -0.05) is 17.7 Å². The molecule has 0 spiro atoms. The first-order valence-corrected chi connectivity index (χ1v) is 6.47. The third-order valence-electron chi connectivity index (χ3n) is 2.55. The van der Waals surface area contributed by atoms with Crippen LogP contribution in [0.15, 0.2) is 48.5 Å². The van der Waals surface area contributed by atoms with E-state index in [-0.39, 0.29) is 0 Å². The number of rotatable bonds is 3. The standard InChI is InChI=1S/C13H14N2O2S/c1-10-2-6-12(7-3-10)15(18(16)17)13-8-4-11(14)5-9-13/h2-9H,14H2,1H3,(H,16,17). The number of hydrogen-bond acceptors (Lipinski definition) is 2. The molecular formula is C13H14N2O2S. The highest BCUT2D eigenvalue weighted by atomic mass is 32.2. The van der Waals surface area contributed by atoms with Crippen molar-refractivity contribution in [3.63, 3.8) is 0 Å². The maximum atomic E-state index is 11.5. The summed E-state index contributed by atoms with van der Waals surface area (Å²) in [6.45, 7) is 1.97. The van der Waals surface area contributed by atoms with E-state index in [2.05, 4.69) is 0 Å². The largest absolute Gasteiger partial charge is 0.399 e. The van der Waals surface area contributed by atoms with E-state index in [1.807, 2.05) is 19.1 Å². The maximum absolute atomic E-state index is 11.5. The van der Waals surface area contributed by atoms with Crippen LogP contribution in [-0.4, -0.2) is 8.76 Å². The van der Waals surface area contributed by atoms with Crippen molar-refractivity contribution in [1.29, 1.82) is 0 Å². The lowest BCUT2D eigenvalue weighted by molar-refractivity contribution is 0.564. The topological polar surface area (TPSA) is 66.6 Å². The Kier molecular flexibility index (Phi) is 3.64. The molecule has 1 atom stereocenters. The van der Waals surface area contributed by atoms with Gasteiger partial charge >= 0.3 is 0 Å². The fourth-order valence-corrected chi connectivity index (χ4v) is 2.22. The van der Waals surface area contributed by atoms with Crippen LogP contribution < -0.4 is 10.0 Å². The molecule has 0 aliphatic heterocycles. The van der Waals surface area contributed by atoms with Gasteiger partial charge in [-0.25, -0.2) is 8.51 Å². The van der Waals surface area contributed by atoms with Crippen LogP contribution in [0.4, 0.5) is 17.1 Å². The molecule has 1 unspecified atom stereocenters. The van der Waals surface area contributed by atoms with Crippen LogP contribution in [0.25, 0.3) is 0 Å². The molecule has 0 saturated carbocycles. The summed E-state index contributed by atoms with van der Waals surface area (Å²) >= 11 is -2.13. The van der Waals surface area contributed by atoms with Crippen molar-refractivity contribution in [3.05, 3.63) is 54.1 Å². The minimum absolute atomic E-state index is 0.617. The van der Waals surface area contributed by atoms with Gasteiger partial charge in [-0.3, -0.25) is 4.55 Å². The van der Waals surface area contributed by atoms with E-state index in [0.717, 1.165) is 5.56 Å². The normalized spacial score (nSPS) is 12.1. The van der Waals surface area contributed by atoms with Gasteiger partial charge in [0.25, 0.3) is 11.3 Å². The van der Waals surface area contributed by atoms with Crippen LogP contribution in [0.1, 0.15) is 5.56 Å². The summed E-state index contributed by atoms with van der Waals surface area (Å²) in [6.07, 6.45) is 0. The van der Waals surface area contributed by atoms with Crippen molar-refractivity contribution in [2.75, 3.05) is 10.0 Å². The quantitative estimate of drug-likeness (QED) is 0.660. The minimum atomic E-state index is -2.13. The first kappa shape index (κ1) is 12.6. The van der Waals surface area contributed by atoms with E-state index in [1.54, 1.807) is 36.4 Å². The zero-order valence-corrected chi connectivity index (χ0v) is 10.7. The Labute approximate surface area is 108 Å². The summed E-state index contributed by atoms with van der Waals surface area (Å²) in [5, 5.41) is 0. The van der Waals surface area contributed by atoms with Gasteiger partial charge in [0.05, 0.1) is 11.4 Å². The average molecular weight is 262 g/mol. The zero-order chi connectivity index (χ0) is 13.1. The number of anilines is 3. The molecule has 94 valence electrons. The van der Waals surface area contributed by atoms with E-state index >= 15 is 0 Å². The Morgan fingerprint density at radius 3 is 1.89 bits per heavy atom. The SMILES string of the molecule is Cc1ccc(N(c2ccc(N)cc2)S(=O)O)cc1. The Morgan fingerprint density at radius 2 is 1.44 bits per heavy atom. The van der Waals surface area contributed by atoms with E-state index in [1.165, 1.54) is 4.31 Å². The van der Waals surface area contributed by atoms with Gasteiger partial charge < -0.3 is 5.73 Å². The molecule has 0 radical (unpaired) electrons. The highest BCUT2D eigenvalue weighted by Crippen LogP contribution is 2.27. The molecule has 2 rings (SSSR count). The molecule has 18 heavy (non-hydrogen) atoms. The maximum Gasteiger partial charge on any atom is 0.266 e. The molecule has 0 amide bonds. The first-order chi connectivity index (χ1) is 8.58. The van der Waals surface area contributed by atoms with E-state index in [0.29, 0.717) is 17.1 Å². The van der Waals surface area contributed by atoms with Crippen LogP contribution >= 0.6 is 0 Å². The molecule has 0 aliphatic rings. The molecule has 2 aromatic rings. The molecule has 0 bridgehead atoms. The van der Waals surface area contributed by atoms with Crippen LogP contribution in [0.3, 0.4) is 0 Å². The predicted octanol–water partition coefficient (Wildman–Crippen LogP) is 2.85. The number of benzene rings is 2. The lowest BCUT2D eigenvalue weighted by Gasteiger charge is -2.20. The minimum Gasteiger partial charge on any atom is -0.399 e. The predicted molar refractivity (Wildman–Crippen MR) is 74.9 cm³/mol. The van der Waals surface area contributed by atoms with Crippen molar-refractivity contribution in [1.82, 2.24) is 0 Å². The van der Waals surface area contributed by atoms with Crippen molar-refractivity contribution in [3.8, 4) is 0 Å². The Hall–Kier alpha value is -1.85. The number of hydrogen-bond donors (Lipinski definition) is 2. The highest BCUT2D eigenvalue weighted by Gasteiger charge is 2.14. The third-order valence-corrected chi connectivity index (χ3v) is 3.29. The number of nitrogens with zero attached hydrogens (tertiary/aromatic N) is 1. The second-order valence-corrected chi connectivity index (χ2v) is 4.78. The molecule has 4 nitrogen and oxygen atoms in total. The lowest BCUT2D eigenvalue weighted by atomic mass is 10.2. The van der Waals surface area contributed by atoms with E-state index < -0.39 is 11.3 Å². The number of aryl methyl sites for hydroxylation is 1. The van der Waals surface area contributed by atoms with Crippen LogP contribution in [0.2, 0.25) is 0 Å². The Morgan fingerprint density at radius 1 is 1.00 bits per heavy atom.